The molecule has 9 atom stereocenters. The average molecular weight is 800 g/mol. The van der Waals surface area contributed by atoms with Crippen molar-refractivity contribution in [3.8, 4) is 22.6 Å². The summed E-state index contributed by atoms with van der Waals surface area (Å²) in [6.45, 7) is 8.99. The Hall–Kier alpha value is -4.20. The van der Waals surface area contributed by atoms with Gasteiger partial charge in [-0.2, -0.15) is 5.06 Å². The molecule has 12 heteroatoms. The van der Waals surface area contributed by atoms with Crippen molar-refractivity contribution in [3.05, 3.63) is 77.4 Å². The third-order valence-electron chi connectivity index (χ3n) is 13.3. The summed E-state index contributed by atoms with van der Waals surface area (Å²) in [4.78, 5) is 38.8. The zero-order valence-electron chi connectivity index (χ0n) is 36.0. The second-order valence-corrected chi connectivity index (χ2v) is 17.8. The first-order valence-electron chi connectivity index (χ1n) is 20.7. The summed E-state index contributed by atoms with van der Waals surface area (Å²) in [6, 6.07) is 18.4. The van der Waals surface area contributed by atoms with Crippen LogP contribution < -0.4 is 25.0 Å². The Morgan fingerprint density at radius 1 is 1.00 bits per heavy atom. The quantitative estimate of drug-likeness (QED) is 0.157. The van der Waals surface area contributed by atoms with Crippen LogP contribution in [0.4, 0.5) is 5.69 Å². The van der Waals surface area contributed by atoms with Crippen molar-refractivity contribution in [1.29, 1.82) is 0 Å². The molecule has 1 aliphatic heterocycles. The molecule has 0 unspecified atom stereocenters. The van der Waals surface area contributed by atoms with Crippen LogP contribution in [0, 0.1) is 29.1 Å². The van der Waals surface area contributed by atoms with Gasteiger partial charge in [0.1, 0.15) is 23.6 Å². The first kappa shape index (κ1) is 43.4. The number of likely N-dealkylation sites (N-methyl/N-ethyl adjacent to an activating group) is 1. The minimum absolute atomic E-state index is 0.0292. The van der Waals surface area contributed by atoms with Crippen molar-refractivity contribution >= 4 is 17.5 Å². The second kappa shape index (κ2) is 18.0. The second-order valence-electron chi connectivity index (χ2n) is 17.8. The number of rotatable bonds is 16. The van der Waals surface area contributed by atoms with Crippen LogP contribution in [-0.4, -0.2) is 118 Å². The van der Waals surface area contributed by atoms with E-state index in [1.807, 2.05) is 93.8 Å². The third kappa shape index (κ3) is 8.86. The zero-order valence-corrected chi connectivity index (χ0v) is 36.0. The van der Waals surface area contributed by atoms with Gasteiger partial charge in [0.25, 0.3) is 5.91 Å². The standard InChI is InChI=1S/C46H65N5O7/c1-27-37-22-33(46(37,3)4)23-38(27)48-45(55)42-41(28(2)53)40(26-52)58-51(42)24-30-15-13-16-36(43(30)57-10)31-18-32(21-35(20-31)50(7)8)44(54)47-34(25-49(5)6)19-29-14-11-12-17-39(29)56-9/h11-18,20-21,27-28,33-34,37-38,40-42,52-53H,19,22-26H2,1-10H3,(H,47,54)(H,48,55)/t27-,28-,33+,34-,37-,38-,40-,41+,42-/m0/s1. The number of ether oxygens (including phenoxy) is 2. The van der Waals surface area contributed by atoms with Crippen molar-refractivity contribution in [2.45, 2.75) is 83.8 Å². The lowest BCUT2D eigenvalue weighted by Gasteiger charge is -2.62. The molecular weight excluding hydrogens is 735 g/mol. The van der Waals surface area contributed by atoms with Gasteiger partial charge in [0, 0.05) is 61.0 Å². The number of carbonyl (C=O) groups excluding carboxylic acids is 2. The number of hydroxylamine groups is 2. The molecule has 0 aromatic heterocycles. The van der Waals surface area contributed by atoms with Crippen LogP contribution in [0.2, 0.25) is 0 Å². The normalized spacial score (nSPS) is 26.1. The van der Waals surface area contributed by atoms with Gasteiger partial charge in [0.2, 0.25) is 5.91 Å². The first-order chi connectivity index (χ1) is 27.6. The van der Waals surface area contributed by atoms with E-state index in [0.717, 1.165) is 40.1 Å². The molecule has 1 heterocycles. The summed E-state index contributed by atoms with van der Waals surface area (Å²) in [5, 5.41) is 29.6. The fourth-order valence-corrected chi connectivity index (χ4v) is 9.99. The molecular formula is C46H65N5O7. The Morgan fingerprint density at radius 3 is 2.34 bits per heavy atom. The van der Waals surface area contributed by atoms with Gasteiger partial charge >= 0.3 is 0 Å². The smallest absolute Gasteiger partial charge is 0.251 e. The number of benzene rings is 3. The fraction of sp³-hybridized carbons (Fsp3) is 0.565. The van der Waals surface area contributed by atoms with E-state index in [0.29, 0.717) is 42.0 Å². The predicted octanol–water partition coefficient (Wildman–Crippen LogP) is 5.00. The van der Waals surface area contributed by atoms with Gasteiger partial charge in [0.05, 0.1) is 33.5 Å². The molecule has 3 aromatic carbocycles. The summed E-state index contributed by atoms with van der Waals surface area (Å²) in [6.07, 6.45) is 1.04. The summed E-state index contributed by atoms with van der Waals surface area (Å²) in [5.74, 6) is 1.73. The number of nitrogens with zero attached hydrogens (tertiary/aromatic N) is 3. The molecule has 2 amide bonds. The van der Waals surface area contributed by atoms with Crippen LogP contribution in [0.3, 0.4) is 0 Å². The van der Waals surface area contributed by atoms with Gasteiger partial charge in [-0.25, -0.2) is 0 Å². The molecule has 3 aliphatic carbocycles. The van der Waals surface area contributed by atoms with Crippen LogP contribution in [0.15, 0.2) is 60.7 Å². The Bertz CT molecular complexity index is 1920. The van der Waals surface area contributed by atoms with E-state index in [2.05, 4.69) is 36.3 Å². The largest absolute Gasteiger partial charge is 0.496 e. The summed E-state index contributed by atoms with van der Waals surface area (Å²) in [7, 11) is 11.1. The number of aliphatic hydroxyl groups excluding tert-OH is 2. The van der Waals surface area contributed by atoms with E-state index in [1.54, 1.807) is 26.2 Å². The molecule has 58 heavy (non-hydrogen) atoms. The van der Waals surface area contributed by atoms with Gasteiger partial charge in [-0.1, -0.05) is 57.2 Å². The number of anilines is 1. The third-order valence-corrected chi connectivity index (χ3v) is 13.3. The Morgan fingerprint density at radius 2 is 1.72 bits per heavy atom. The topological polar surface area (TPSA) is 136 Å². The van der Waals surface area contributed by atoms with Gasteiger partial charge < -0.3 is 40.1 Å². The summed E-state index contributed by atoms with van der Waals surface area (Å²) < 4.78 is 11.7. The first-order valence-corrected chi connectivity index (χ1v) is 20.7. The van der Waals surface area contributed by atoms with Crippen LogP contribution in [-0.2, 0) is 22.6 Å². The average Bonchev–Trinajstić information content (AvgIpc) is 3.56. The highest BCUT2D eigenvalue weighted by atomic mass is 16.7. The summed E-state index contributed by atoms with van der Waals surface area (Å²) in [5.41, 5.74) is 4.92. The van der Waals surface area contributed by atoms with Crippen molar-refractivity contribution in [2.24, 2.45) is 29.1 Å². The number of nitrogens with one attached hydrogen (secondary N) is 2. The number of carbonyl (C=O) groups is 2. The highest BCUT2D eigenvalue weighted by Gasteiger charge is 2.57. The van der Waals surface area contributed by atoms with Crippen LogP contribution in [0.1, 0.15) is 62.0 Å². The number of fused-ring (bicyclic) bond motifs is 2. The van der Waals surface area contributed by atoms with Crippen molar-refractivity contribution in [2.75, 3.05) is 60.5 Å². The lowest BCUT2D eigenvalue weighted by molar-refractivity contribution is -0.183. The maximum Gasteiger partial charge on any atom is 0.251 e. The van der Waals surface area contributed by atoms with Crippen molar-refractivity contribution in [3.63, 3.8) is 0 Å². The Labute approximate surface area is 344 Å². The fourth-order valence-electron chi connectivity index (χ4n) is 9.99. The Balaban J connectivity index is 1.29. The van der Waals surface area contributed by atoms with E-state index in [4.69, 9.17) is 14.3 Å². The summed E-state index contributed by atoms with van der Waals surface area (Å²) >= 11 is 0. The van der Waals surface area contributed by atoms with Crippen LogP contribution >= 0.6 is 0 Å². The lowest BCUT2D eigenvalue weighted by Crippen LogP contribution is -2.62. The molecule has 7 rings (SSSR count). The number of amides is 2. The molecule has 0 radical (unpaired) electrons. The van der Waals surface area contributed by atoms with Gasteiger partial charge in [-0.05, 0) is 98.8 Å². The number of para-hydroxylation sites is 2. The predicted molar refractivity (Wildman–Crippen MR) is 227 cm³/mol. The van der Waals surface area contributed by atoms with Crippen LogP contribution in [0.5, 0.6) is 11.5 Å². The van der Waals surface area contributed by atoms with Gasteiger partial charge in [-0.15, -0.1) is 0 Å². The lowest BCUT2D eigenvalue weighted by atomic mass is 9.45. The highest BCUT2D eigenvalue weighted by Crippen LogP contribution is 2.61. The number of hydrogen-bond donors (Lipinski definition) is 4. The molecule has 4 aliphatic rings. The molecule has 12 nitrogen and oxygen atoms in total. The molecule has 3 saturated carbocycles. The number of methoxy groups -OCH3 is 2. The van der Waals surface area contributed by atoms with E-state index in [-0.39, 0.29) is 42.5 Å². The van der Waals surface area contributed by atoms with E-state index in [1.165, 1.54) is 6.42 Å². The SMILES string of the molecule is COc1ccccc1C[C@@H](CN(C)C)NC(=O)c1cc(-c2cccc(CN3O[C@@H](CO)[C@@H]([C@H](C)O)[C@H]3C(=O)N[C@H]3C[C@H]4C[C@@H]([C@@H]3C)C4(C)C)c2OC)cc(N(C)C)c1. The van der Waals surface area contributed by atoms with Gasteiger partial charge in [0.15, 0.2) is 0 Å². The molecule has 0 spiro atoms. The van der Waals surface area contributed by atoms with E-state index in [9.17, 15) is 19.8 Å². The maximum absolute atomic E-state index is 14.3. The minimum atomic E-state index is -0.910. The monoisotopic (exact) mass is 799 g/mol. The van der Waals surface area contributed by atoms with Crippen LogP contribution in [0.25, 0.3) is 11.1 Å². The van der Waals surface area contributed by atoms with Crippen molar-refractivity contribution in [1.82, 2.24) is 20.6 Å². The van der Waals surface area contributed by atoms with Gasteiger partial charge in [-0.3, -0.25) is 14.4 Å². The highest BCUT2D eigenvalue weighted by molar-refractivity contribution is 5.97. The zero-order chi connectivity index (χ0) is 42.1. The van der Waals surface area contributed by atoms with E-state index < -0.39 is 24.2 Å². The molecule has 3 aromatic rings. The molecule has 4 fully saturated rings. The number of aliphatic hydroxyl groups is 2. The molecule has 316 valence electrons. The van der Waals surface area contributed by atoms with E-state index >= 15 is 0 Å². The molecule has 4 N–H and O–H groups in total. The minimum Gasteiger partial charge on any atom is -0.496 e. The molecule has 1 saturated heterocycles. The molecule has 2 bridgehead atoms. The maximum atomic E-state index is 14.3. The number of hydrogen-bond acceptors (Lipinski definition) is 10. The Kier molecular flexibility index (Phi) is 13.4. The van der Waals surface area contributed by atoms with Crippen molar-refractivity contribution < 1.29 is 34.1 Å².